The van der Waals surface area contributed by atoms with Crippen LogP contribution in [0, 0.1) is 17.6 Å². The predicted octanol–water partition coefficient (Wildman–Crippen LogP) is 1.30. The number of carbonyl (C=O) groups is 4. The minimum absolute atomic E-state index is 0.0131. The maximum atomic E-state index is 14.0. The van der Waals surface area contributed by atoms with Gasteiger partial charge >= 0.3 is 0 Å². The average Bonchev–Trinajstić information content (AvgIpc) is 2.87. The minimum atomic E-state index is -0.785. The number of nitrogens with zero attached hydrogens (tertiary/aromatic N) is 3. The van der Waals surface area contributed by atoms with Crippen LogP contribution in [0.5, 0.6) is 0 Å². The number of Topliss-reactive ketones (excluding diaryl/α,β-unsaturated/α-hetero) is 1. The lowest BCUT2D eigenvalue weighted by Gasteiger charge is -2.56. The normalized spacial score (nSPS) is 25.0. The van der Waals surface area contributed by atoms with Gasteiger partial charge in [-0.3, -0.25) is 24.1 Å². The first-order chi connectivity index (χ1) is 18.6. The summed E-state index contributed by atoms with van der Waals surface area (Å²) in [6.45, 7) is 2.88. The second-order valence-corrected chi connectivity index (χ2v) is 10.4. The van der Waals surface area contributed by atoms with Crippen molar-refractivity contribution in [3.8, 4) is 0 Å². The molecule has 0 radical (unpaired) electrons. The van der Waals surface area contributed by atoms with E-state index in [9.17, 15) is 33.1 Å². The molecule has 3 aliphatic heterocycles. The summed E-state index contributed by atoms with van der Waals surface area (Å²) in [4.78, 5) is 56.3. The second kappa shape index (κ2) is 10.8. The lowest BCUT2D eigenvalue weighted by atomic mass is 9.79. The molecule has 1 aromatic rings. The van der Waals surface area contributed by atoms with Crippen LogP contribution in [0.1, 0.15) is 38.2 Å². The van der Waals surface area contributed by atoms with Crippen LogP contribution in [-0.2, 0) is 25.7 Å². The Kier molecular flexibility index (Phi) is 7.39. The van der Waals surface area contributed by atoms with E-state index in [2.05, 4.69) is 15.5 Å². The fourth-order valence-corrected chi connectivity index (χ4v) is 6.06. The zero-order chi connectivity index (χ0) is 27.8. The van der Waals surface area contributed by atoms with Crippen molar-refractivity contribution in [2.24, 2.45) is 5.92 Å². The number of benzene rings is 1. The van der Waals surface area contributed by atoms with E-state index >= 15 is 0 Å². The molecular weight excluding hydrogens is 512 g/mol. The smallest absolute Gasteiger partial charge is 0.275 e. The van der Waals surface area contributed by atoms with Gasteiger partial charge in [0.25, 0.3) is 5.91 Å². The van der Waals surface area contributed by atoms with Crippen LogP contribution in [0.15, 0.2) is 41.4 Å². The molecule has 1 saturated carbocycles. The number of carbonyl (C=O) groups excluding carboxylic acids is 4. The molecule has 0 aromatic heterocycles. The molecule has 1 aliphatic carbocycles. The van der Waals surface area contributed by atoms with Gasteiger partial charge in [-0.1, -0.05) is 6.07 Å². The fraction of sp³-hybridized carbons (Fsp3) is 0.481. The molecule has 1 aromatic carbocycles. The van der Waals surface area contributed by atoms with Crippen LogP contribution < -0.4 is 10.6 Å². The summed E-state index contributed by atoms with van der Waals surface area (Å²) in [6.07, 6.45) is 2.76. The van der Waals surface area contributed by atoms with Crippen molar-refractivity contribution in [2.75, 3.05) is 26.2 Å². The monoisotopic (exact) mass is 543 g/mol. The quantitative estimate of drug-likeness (QED) is 0.495. The number of aliphatic hydroxyl groups is 1. The highest BCUT2D eigenvalue weighted by Gasteiger charge is 2.53. The van der Waals surface area contributed by atoms with Crippen LogP contribution in [-0.4, -0.2) is 81.7 Å². The molecule has 208 valence electrons. The van der Waals surface area contributed by atoms with Crippen LogP contribution in [0.3, 0.4) is 0 Å². The molecule has 4 aliphatic rings. The van der Waals surface area contributed by atoms with Crippen molar-refractivity contribution in [2.45, 2.75) is 51.4 Å². The zero-order valence-electron chi connectivity index (χ0n) is 21.6. The van der Waals surface area contributed by atoms with Gasteiger partial charge in [-0.15, -0.1) is 0 Å². The van der Waals surface area contributed by atoms with Gasteiger partial charge in [0.15, 0.2) is 5.78 Å². The molecule has 12 heteroatoms. The Bertz CT molecular complexity index is 1280. The molecule has 39 heavy (non-hydrogen) atoms. The molecule has 10 nitrogen and oxygen atoms in total. The molecule has 3 N–H and O–H groups in total. The van der Waals surface area contributed by atoms with E-state index in [-0.39, 0.29) is 59.7 Å². The highest BCUT2D eigenvalue weighted by atomic mass is 19.1. The van der Waals surface area contributed by atoms with Crippen LogP contribution in [0.2, 0.25) is 0 Å². The van der Waals surface area contributed by atoms with Gasteiger partial charge < -0.3 is 25.5 Å². The number of halogens is 2. The summed E-state index contributed by atoms with van der Waals surface area (Å²) >= 11 is 0. The predicted molar refractivity (Wildman–Crippen MR) is 134 cm³/mol. The van der Waals surface area contributed by atoms with Gasteiger partial charge in [-0.25, -0.2) is 8.78 Å². The second-order valence-electron chi connectivity index (χ2n) is 10.4. The van der Waals surface area contributed by atoms with E-state index in [1.54, 1.807) is 4.90 Å². The van der Waals surface area contributed by atoms with Gasteiger partial charge in [0, 0.05) is 69.3 Å². The van der Waals surface area contributed by atoms with Crippen molar-refractivity contribution in [1.29, 1.82) is 0 Å². The van der Waals surface area contributed by atoms with Gasteiger partial charge in [0.2, 0.25) is 11.8 Å². The van der Waals surface area contributed by atoms with Crippen molar-refractivity contribution >= 4 is 23.5 Å². The van der Waals surface area contributed by atoms with E-state index in [0.717, 1.165) is 25.0 Å². The third-order valence-electron chi connectivity index (χ3n) is 7.83. The highest BCUT2D eigenvalue weighted by Crippen LogP contribution is 2.39. The van der Waals surface area contributed by atoms with Crippen molar-refractivity contribution in [3.05, 3.63) is 58.6 Å². The number of fused-ring (bicyclic) bond motifs is 4. The number of nitrogens with one attached hydrogen (secondary N) is 2. The zero-order valence-corrected chi connectivity index (χ0v) is 21.6. The van der Waals surface area contributed by atoms with E-state index in [4.69, 9.17) is 0 Å². The van der Waals surface area contributed by atoms with Crippen molar-refractivity contribution in [3.63, 3.8) is 0 Å². The molecule has 2 saturated heterocycles. The number of amides is 3. The van der Waals surface area contributed by atoms with Crippen LogP contribution in [0.4, 0.5) is 8.78 Å². The highest BCUT2D eigenvalue weighted by molar-refractivity contribution is 6.01. The Hall–Kier alpha value is -3.80. The summed E-state index contributed by atoms with van der Waals surface area (Å²) in [6, 6.07) is 2.50. The summed E-state index contributed by atoms with van der Waals surface area (Å²) in [5, 5.41) is 16.3. The van der Waals surface area contributed by atoms with Gasteiger partial charge in [-0.2, -0.15) is 0 Å². The molecule has 3 atom stereocenters. The topological polar surface area (TPSA) is 122 Å². The lowest BCUT2D eigenvalue weighted by Crippen LogP contribution is -2.72. The number of allylic oxidation sites excluding steroid dienone is 1. The third kappa shape index (κ3) is 5.25. The molecule has 3 fully saturated rings. The van der Waals surface area contributed by atoms with Crippen molar-refractivity contribution < 1.29 is 33.1 Å². The number of hydrogen-bond donors (Lipinski definition) is 3. The van der Waals surface area contributed by atoms with Gasteiger partial charge in [0.05, 0.1) is 12.6 Å². The maximum Gasteiger partial charge on any atom is 0.275 e. The van der Waals surface area contributed by atoms with E-state index in [0.29, 0.717) is 26.1 Å². The molecule has 5 rings (SSSR count). The van der Waals surface area contributed by atoms with Gasteiger partial charge in [0.1, 0.15) is 29.3 Å². The number of aliphatic hydroxyl groups excluding tert-OH is 1. The first kappa shape index (κ1) is 26.8. The number of rotatable bonds is 6. The standard InChI is InChI=1S/C27H31F2N5O5/c1-15(35)30-7-8-32-12-17-3-2-4-21(36)24(17)34-23(32)14-33-13-18(9-22(37)25(33)27(34)39)26(38)31-11-16-5-6-19(28)10-20(16)29/h5-6,10,13,17,23-24,37H,2-4,7-9,11-12,14H2,1H3,(H,30,35)(H,31,38)/t17-,23-,24-/m0/s1. The number of ketones is 1. The largest absolute Gasteiger partial charge is 0.510 e. The molecule has 0 spiro atoms. The number of hydrogen-bond acceptors (Lipinski definition) is 7. The Balaban J connectivity index is 1.37. The molecule has 0 unspecified atom stereocenters. The summed E-state index contributed by atoms with van der Waals surface area (Å²) in [7, 11) is 0. The first-order valence-electron chi connectivity index (χ1n) is 13.1. The summed E-state index contributed by atoms with van der Waals surface area (Å²) in [5.41, 5.74) is 0.314. The summed E-state index contributed by atoms with van der Waals surface area (Å²) < 4.78 is 27.2. The maximum absolute atomic E-state index is 14.0. The Morgan fingerprint density at radius 1 is 1.15 bits per heavy atom. The minimum Gasteiger partial charge on any atom is -0.510 e. The SMILES string of the molecule is CC(=O)NCCN1C[C@@H]2CCCC(=O)[C@H]2N2C(=O)C3=C(O)CC(C(=O)NCc4ccc(F)cc4F)=CN3C[C@@H]12. The number of piperazine rings is 1. The molecule has 3 amide bonds. The summed E-state index contributed by atoms with van der Waals surface area (Å²) in [5.74, 6) is -3.01. The lowest BCUT2D eigenvalue weighted by molar-refractivity contribution is -0.165. The van der Waals surface area contributed by atoms with Crippen molar-refractivity contribution in [1.82, 2.24) is 25.3 Å². The Labute approximate surface area is 224 Å². The first-order valence-corrected chi connectivity index (χ1v) is 13.1. The van der Waals surface area contributed by atoms with Crippen LogP contribution >= 0.6 is 0 Å². The third-order valence-corrected chi connectivity index (χ3v) is 7.83. The fourth-order valence-electron chi connectivity index (χ4n) is 6.06. The Morgan fingerprint density at radius 2 is 1.95 bits per heavy atom. The average molecular weight is 544 g/mol. The Morgan fingerprint density at radius 3 is 2.69 bits per heavy atom. The van der Waals surface area contributed by atoms with E-state index in [1.807, 2.05) is 0 Å². The van der Waals surface area contributed by atoms with Gasteiger partial charge in [-0.05, 0) is 24.8 Å². The van der Waals surface area contributed by atoms with E-state index in [1.165, 1.54) is 24.1 Å². The molecular formula is C27H31F2N5O5. The van der Waals surface area contributed by atoms with E-state index < -0.39 is 35.7 Å². The molecule has 0 bridgehead atoms. The van der Waals surface area contributed by atoms with Crippen LogP contribution in [0.25, 0.3) is 0 Å². The molecule has 3 heterocycles.